The second-order valence-corrected chi connectivity index (χ2v) is 8.11. The van der Waals surface area contributed by atoms with E-state index >= 15 is 0 Å². The molecule has 6 heterocycles. The molecule has 0 aliphatic carbocycles. The van der Waals surface area contributed by atoms with Gasteiger partial charge in [-0.25, -0.2) is 19.9 Å². The molecule has 0 spiro atoms. The Morgan fingerprint density at radius 1 is 1.00 bits per heavy atom. The summed E-state index contributed by atoms with van der Waals surface area (Å²) in [5.74, 6) is 1.67. The summed E-state index contributed by atoms with van der Waals surface area (Å²) in [5, 5.41) is 8.42. The van der Waals surface area contributed by atoms with E-state index in [-0.39, 0.29) is 0 Å². The van der Waals surface area contributed by atoms with E-state index in [1.807, 2.05) is 32.6 Å². The van der Waals surface area contributed by atoms with Crippen molar-refractivity contribution < 1.29 is 0 Å². The zero-order chi connectivity index (χ0) is 20.9. The predicted octanol–water partition coefficient (Wildman–Crippen LogP) is 3.60. The Labute approximate surface area is 178 Å². The van der Waals surface area contributed by atoms with Crippen molar-refractivity contribution in [2.75, 3.05) is 18.0 Å². The van der Waals surface area contributed by atoms with Crippen LogP contribution in [0.3, 0.4) is 0 Å². The van der Waals surface area contributed by atoms with Gasteiger partial charge in [0, 0.05) is 38.1 Å². The molecule has 0 unspecified atom stereocenters. The Hall–Kier alpha value is -3.75. The minimum absolute atomic E-state index is 0.655. The highest BCUT2D eigenvalue weighted by Crippen LogP contribution is 2.32. The summed E-state index contributed by atoms with van der Waals surface area (Å²) < 4.78 is 2.05. The number of aromatic nitrogens is 8. The van der Waals surface area contributed by atoms with E-state index in [1.165, 1.54) is 19.3 Å². The fraction of sp³-hybridized carbons (Fsp3) is 0.318. The number of pyridine rings is 2. The summed E-state index contributed by atoms with van der Waals surface area (Å²) in [6.45, 7) is 4.12. The maximum atomic E-state index is 4.77. The van der Waals surface area contributed by atoms with Crippen LogP contribution in [0.5, 0.6) is 0 Å². The molecule has 31 heavy (non-hydrogen) atoms. The quantitative estimate of drug-likeness (QED) is 0.468. The zero-order valence-corrected chi connectivity index (χ0v) is 17.6. The first-order valence-electron chi connectivity index (χ1n) is 10.6. The number of nitrogens with one attached hydrogen (secondary N) is 2. The van der Waals surface area contributed by atoms with Gasteiger partial charge in [-0.1, -0.05) is 0 Å². The molecule has 6 rings (SSSR count). The van der Waals surface area contributed by atoms with Gasteiger partial charge in [-0.05, 0) is 38.3 Å². The maximum absolute atomic E-state index is 4.77. The van der Waals surface area contributed by atoms with Gasteiger partial charge in [0.2, 0.25) is 0 Å². The highest BCUT2D eigenvalue weighted by atomic mass is 15.2. The molecule has 0 bridgehead atoms. The highest BCUT2D eigenvalue weighted by Gasteiger charge is 2.19. The second kappa shape index (κ2) is 6.90. The van der Waals surface area contributed by atoms with E-state index in [2.05, 4.69) is 51.7 Å². The van der Waals surface area contributed by atoms with E-state index in [9.17, 15) is 0 Å². The van der Waals surface area contributed by atoms with Gasteiger partial charge in [0.15, 0.2) is 17.1 Å². The molecule has 0 atom stereocenters. The second-order valence-electron chi connectivity index (χ2n) is 8.11. The molecular weight excluding hydrogens is 390 g/mol. The summed E-state index contributed by atoms with van der Waals surface area (Å²) >= 11 is 0. The average Bonchev–Trinajstić information content (AvgIpc) is 3.50. The molecule has 1 aliphatic rings. The third-order valence-corrected chi connectivity index (χ3v) is 6.23. The first-order chi connectivity index (χ1) is 15.2. The van der Waals surface area contributed by atoms with E-state index in [0.717, 1.165) is 58.3 Å². The Morgan fingerprint density at radius 3 is 2.68 bits per heavy atom. The first-order valence-corrected chi connectivity index (χ1v) is 10.6. The molecule has 0 aromatic carbocycles. The molecule has 0 saturated carbocycles. The van der Waals surface area contributed by atoms with Crippen LogP contribution in [0.25, 0.3) is 45.0 Å². The van der Waals surface area contributed by atoms with E-state index in [0.29, 0.717) is 11.3 Å². The van der Waals surface area contributed by atoms with Gasteiger partial charge in [-0.3, -0.25) is 5.10 Å². The van der Waals surface area contributed by atoms with Crippen molar-refractivity contribution in [3.63, 3.8) is 0 Å². The van der Waals surface area contributed by atoms with Crippen LogP contribution in [-0.4, -0.2) is 52.8 Å². The van der Waals surface area contributed by atoms with Crippen molar-refractivity contribution in [1.29, 1.82) is 0 Å². The van der Waals surface area contributed by atoms with E-state index < -0.39 is 0 Å². The number of anilines is 1. The van der Waals surface area contributed by atoms with Crippen LogP contribution in [0.2, 0.25) is 0 Å². The zero-order valence-electron chi connectivity index (χ0n) is 17.6. The monoisotopic (exact) mass is 413 g/mol. The van der Waals surface area contributed by atoms with E-state index in [1.54, 1.807) is 0 Å². The average molecular weight is 413 g/mol. The van der Waals surface area contributed by atoms with Crippen molar-refractivity contribution in [3.05, 3.63) is 36.5 Å². The SMILES string of the molecule is Cc1ncc(-c2cnc3n[nH]c(-c4nc5nccc(N6CCCCC6)c5[nH]4)c3c2)n1C. The molecule has 5 aromatic rings. The predicted molar refractivity (Wildman–Crippen MR) is 120 cm³/mol. The Morgan fingerprint density at radius 2 is 1.87 bits per heavy atom. The number of H-pyrrole nitrogens is 2. The minimum Gasteiger partial charge on any atom is -0.370 e. The topological polar surface area (TPSA) is 104 Å². The van der Waals surface area contributed by atoms with Gasteiger partial charge in [0.1, 0.15) is 17.0 Å². The van der Waals surface area contributed by atoms with Crippen LogP contribution in [0.4, 0.5) is 5.69 Å². The van der Waals surface area contributed by atoms with E-state index in [4.69, 9.17) is 4.98 Å². The number of imidazole rings is 2. The van der Waals surface area contributed by atoms with Gasteiger partial charge in [0.05, 0.1) is 23.0 Å². The lowest BCUT2D eigenvalue weighted by Gasteiger charge is -2.28. The van der Waals surface area contributed by atoms with Crippen LogP contribution in [0.15, 0.2) is 30.7 Å². The number of nitrogens with zero attached hydrogens (tertiary/aromatic N) is 7. The molecule has 0 radical (unpaired) electrons. The minimum atomic E-state index is 0.655. The molecule has 9 heteroatoms. The lowest BCUT2D eigenvalue weighted by atomic mass is 10.1. The van der Waals surface area contributed by atoms with Crippen molar-refractivity contribution in [2.45, 2.75) is 26.2 Å². The number of rotatable bonds is 3. The van der Waals surface area contributed by atoms with Crippen LogP contribution in [0, 0.1) is 6.92 Å². The van der Waals surface area contributed by atoms with Gasteiger partial charge in [-0.15, -0.1) is 0 Å². The summed E-state index contributed by atoms with van der Waals surface area (Å²) in [6.07, 6.45) is 9.28. The number of aromatic amines is 2. The van der Waals surface area contributed by atoms with Gasteiger partial charge >= 0.3 is 0 Å². The van der Waals surface area contributed by atoms with Crippen molar-refractivity contribution >= 4 is 27.9 Å². The van der Waals surface area contributed by atoms with Gasteiger partial charge in [0.25, 0.3) is 0 Å². The number of fused-ring (bicyclic) bond motifs is 2. The van der Waals surface area contributed by atoms with Crippen LogP contribution in [0.1, 0.15) is 25.1 Å². The Kier molecular flexibility index (Phi) is 4.02. The standard InChI is InChI=1S/C22H23N9/c1-13-24-12-17(30(13)2)14-10-15-18(28-29-20(15)25-11-14)22-26-19-16(6-7-23-21(19)27-22)31-8-4-3-5-9-31/h6-7,10-12H,3-5,8-9H2,1-2H3,(H,23,26,27)(H,25,28,29). The number of hydrogen-bond donors (Lipinski definition) is 2. The van der Waals surface area contributed by atoms with Gasteiger partial charge in [-0.2, -0.15) is 5.10 Å². The molecule has 9 nitrogen and oxygen atoms in total. The van der Waals surface area contributed by atoms with Crippen LogP contribution in [-0.2, 0) is 7.05 Å². The first kappa shape index (κ1) is 18.1. The Balaban J connectivity index is 1.47. The molecule has 156 valence electrons. The summed E-state index contributed by atoms with van der Waals surface area (Å²) in [4.78, 5) is 24.1. The largest absolute Gasteiger partial charge is 0.370 e. The lowest BCUT2D eigenvalue weighted by Crippen LogP contribution is -2.29. The number of hydrogen-bond acceptors (Lipinski definition) is 6. The molecule has 2 N–H and O–H groups in total. The Bertz CT molecular complexity index is 1400. The van der Waals surface area contributed by atoms with Gasteiger partial charge < -0.3 is 14.5 Å². The van der Waals surface area contributed by atoms with Crippen molar-refractivity contribution in [1.82, 2.24) is 39.7 Å². The molecule has 0 amide bonds. The number of piperidine rings is 1. The maximum Gasteiger partial charge on any atom is 0.181 e. The summed E-state index contributed by atoms with van der Waals surface area (Å²) in [7, 11) is 2.01. The molecule has 5 aromatic heterocycles. The van der Waals surface area contributed by atoms with Crippen molar-refractivity contribution in [2.24, 2.45) is 7.05 Å². The van der Waals surface area contributed by atoms with Crippen LogP contribution < -0.4 is 4.90 Å². The third-order valence-electron chi connectivity index (χ3n) is 6.23. The van der Waals surface area contributed by atoms with Crippen molar-refractivity contribution in [3.8, 4) is 22.8 Å². The molecular formula is C22H23N9. The fourth-order valence-corrected chi connectivity index (χ4v) is 4.41. The summed E-state index contributed by atoms with van der Waals surface area (Å²) in [5.41, 5.74) is 6.31. The molecule has 1 fully saturated rings. The normalized spacial score (nSPS) is 14.7. The third kappa shape index (κ3) is 2.88. The number of aryl methyl sites for hydroxylation is 1. The fourth-order valence-electron chi connectivity index (χ4n) is 4.41. The summed E-state index contributed by atoms with van der Waals surface area (Å²) in [6, 6.07) is 4.16. The lowest BCUT2D eigenvalue weighted by molar-refractivity contribution is 0.578. The highest BCUT2D eigenvalue weighted by molar-refractivity contribution is 5.95. The van der Waals surface area contributed by atoms with Crippen LogP contribution >= 0.6 is 0 Å². The smallest absolute Gasteiger partial charge is 0.181 e. The molecule has 1 aliphatic heterocycles. The molecule has 1 saturated heterocycles.